The Balaban J connectivity index is 1.59. The van der Waals surface area contributed by atoms with E-state index in [4.69, 9.17) is 4.42 Å². The van der Waals surface area contributed by atoms with Crippen LogP contribution in [0.2, 0.25) is 0 Å². The molecular formula is C30H18N2O. The first-order valence-electron chi connectivity index (χ1n) is 11.0. The van der Waals surface area contributed by atoms with Crippen LogP contribution in [0.3, 0.4) is 0 Å². The highest BCUT2D eigenvalue weighted by atomic mass is 16.3. The summed E-state index contributed by atoms with van der Waals surface area (Å²) in [5.41, 5.74) is 5.85. The second-order valence-electron chi connectivity index (χ2n) is 8.25. The predicted octanol–water partition coefficient (Wildman–Crippen LogP) is 8.02. The van der Waals surface area contributed by atoms with Crippen molar-refractivity contribution < 1.29 is 4.42 Å². The highest BCUT2D eigenvalue weighted by Crippen LogP contribution is 2.42. The van der Waals surface area contributed by atoms with Crippen LogP contribution in [-0.4, -0.2) is 9.97 Å². The topological polar surface area (TPSA) is 38.9 Å². The van der Waals surface area contributed by atoms with Gasteiger partial charge in [-0.05, 0) is 45.3 Å². The van der Waals surface area contributed by atoms with Crippen LogP contribution in [0.15, 0.2) is 114 Å². The van der Waals surface area contributed by atoms with Crippen molar-refractivity contribution in [1.82, 2.24) is 9.97 Å². The van der Waals surface area contributed by atoms with Crippen LogP contribution in [-0.2, 0) is 0 Å². The number of hydrogen-bond acceptors (Lipinski definition) is 3. The maximum absolute atomic E-state index is 6.62. The van der Waals surface area contributed by atoms with Gasteiger partial charge in [-0.2, -0.15) is 0 Å². The Hall–Kier alpha value is -4.50. The van der Waals surface area contributed by atoms with Gasteiger partial charge in [0, 0.05) is 28.1 Å². The van der Waals surface area contributed by atoms with Gasteiger partial charge < -0.3 is 4.42 Å². The van der Waals surface area contributed by atoms with E-state index < -0.39 is 0 Å². The largest absolute Gasteiger partial charge is 0.455 e. The summed E-state index contributed by atoms with van der Waals surface area (Å²) < 4.78 is 6.62. The molecule has 0 radical (unpaired) electrons. The monoisotopic (exact) mass is 422 g/mol. The number of rotatable bonds is 2. The summed E-state index contributed by atoms with van der Waals surface area (Å²) in [6.45, 7) is 0. The van der Waals surface area contributed by atoms with Crippen molar-refractivity contribution in [2.24, 2.45) is 0 Å². The van der Waals surface area contributed by atoms with Gasteiger partial charge in [-0.15, -0.1) is 0 Å². The fourth-order valence-corrected chi connectivity index (χ4v) is 4.96. The Kier molecular flexibility index (Phi) is 3.84. The zero-order valence-electron chi connectivity index (χ0n) is 17.7. The minimum Gasteiger partial charge on any atom is -0.455 e. The summed E-state index contributed by atoms with van der Waals surface area (Å²) in [6.07, 6.45) is 3.33. The summed E-state index contributed by atoms with van der Waals surface area (Å²) >= 11 is 0. The Morgan fingerprint density at radius 3 is 1.97 bits per heavy atom. The fourth-order valence-electron chi connectivity index (χ4n) is 4.96. The molecule has 0 bridgehead atoms. The lowest BCUT2D eigenvalue weighted by Crippen LogP contribution is -1.85. The van der Waals surface area contributed by atoms with Gasteiger partial charge in [0.1, 0.15) is 17.5 Å². The molecule has 7 aromatic rings. The average Bonchev–Trinajstić information content (AvgIpc) is 3.28. The Labute approximate surface area is 190 Å². The van der Waals surface area contributed by atoms with Crippen LogP contribution in [0.4, 0.5) is 0 Å². The van der Waals surface area contributed by atoms with Crippen LogP contribution in [0.25, 0.3) is 65.9 Å². The third-order valence-corrected chi connectivity index (χ3v) is 6.44. The molecule has 0 amide bonds. The van der Waals surface area contributed by atoms with E-state index in [1.807, 2.05) is 6.07 Å². The smallest absolute Gasteiger partial charge is 0.144 e. The van der Waals surface area contributed by atoms with Crippen LogP contribution in [0.1, 0.15) is 0 Å². The standard InChI is InChI=1S/C30H18N2O/c1-2-8-20-19(7-1)17-27(22-10-4-3-9-21(20)22)25-13-5-11-23-24-12-6-14-26(30(24)33-29(23)25)28-15-16-31-18-32-28/h1-18H. The van der Waals surface area contributed by atoms with Gasteiger partial charge in [0.2, 0.25) is 0 Å². The van der Waals surface area contributed by atoms with Gasteiger partial charge >= 0.3 is 0 Å². The second-order valence-corrected chi connectivity index (χ2v) is 8.25. The minimum atomic E-state index is 0.851. The maximum atomic E-state index is 6.62. The van der Waals surface area contributed by atoms with Crippen molar-refractivity contribution in [3.63, 3.8) is 0 Å². The lowest BCUT2D eigenvalue weighted by molar-refractivity contribution is 0.671. The number of furan rings is 1. The van der Waals surface area contributed by atoms with Gasteiger partial charge in [0.25, 0.3) is 0 Å². The predicted molar refractivity (Wildman–Crippen MR) is 135 cm³/mol. The molecule has 0 aliphatic heterocycles. The molecule has 154 valence electrons. The zero-order valence-corrected chi connectivity index (χ0v) is 17.7. The van der Waals surface area contributed by atoms with Crippen LogP contribution < -0.4 is 0 Å². The van der Waals surface area contributed by atoms with E-state index in [0.29, 0.717) is 0 Å². The molecule has 0 spiro atoms. The van der Waals surface area contributed by atoms with Crippen molar-refractivity contribution in [3.8, 4) is 22.4 Å². The first-order chi connectivity index (χ1) is 16.4. The van der Waals surface area contributed by atoms with E-state index in [9.17, 15) is 0 Å². The molecule has 0 aliphatic carbocycles. The molecule has 0 atom stereocenters. The number of hydrogen-bond donors (Lipinski definition) is 0. The first-order valence-corrected chi connectivity index (χ1v) is 11.0. The van der Waals surface area contributed by atoms with E-state index in [1.54, 1.807) is 12.5 Å². The van der Waals surface area contributed by atoms with Crippen molar-refractivity contribution >= 4 is 43.5 Å². The van der Waals surface area contributed by atoms with Crippen LogP contribution >= 0.6 is 0 Å². The van der Waals surface area contributed by atoms with Gasteiger partial charge in [0.15, 0.2) is 0 Å². The fraction of sp³-hybridized carbons (Fsp3) is 0. The highest BCUT2D eigenvalue weighted by molar-refractivity contribution is 6.18. The molecule has 0 fully saturated rings. The molecule has 0 N–H and O–H groups in total. The number of fused-ring (bicyclic) bond motifs is 6. The molecule has 2 aromatic heterocycles. The van der Waals surface area contributed by atoms with E-state index in [1.165, 1.54) is 27.1 Å². The van der Waals surface area contributed by atoms with Crippen molar-refractivity contribution in [2.45, 2.75) is 0 Å². The average molecular weight is 422 g/mol. The quantitative estimate of drug-likeness (QED) is 0.265. The van der Waals surface area contributed by atoms with Gasteiger partial charge in [-0.25, -0.2) is 9.97 Å². The van der Waals surface area contributed by atoms with E-state index in [2.05, 4.69) is 101 Å². The molecule has 0 saturated carbocycles. The first kappa shape index (κ1) is 18.1. The third kappa shape index (κ3) is 2.69. The highest BCUT2D eigenvalue weighted by Gasteiger charge is 2.17. The molecule has 5 aromatic carbocycles. The van der Waals surface area contributed by atoms with Crippen LogP contribution in [0, 0.1) is 0 Å². The molecule has 0 saturated heterocycles. The zero-order chi connectivity index (χ0) is 21.8. The van der Waals surface area contributed by atoms with E-state index >= 15 is 0 Å². The third-order valence-electron chi connectivity index (χ3n) is 6.44. The van der Waals surface area contributed by atoms with Gasteiger partial charge in [0.05, 0.1) is 5.69 Å². The molecule has 0 aliphatic rings. The molecule has 0 unspecified atom stereocenters. The minimum absolute atomic E-state index is 0.851. The normalized spacial score (nSPS) is 11.6. The Bertz CT molecular complexity index is 1820. The number of nitrogens with zero attached hydrogens (tertiary/aromatic N) is 2. The summed E-state index contributed by atoms with van der Waals surface area (Å²) in [5, 5.41) is 7.16. The van der Waals surface area contributed by atoms with Gasteiger partial charge in [-0.3, -0.25) is 0 Å². The second kappa shape index (κ2) is 7.01. The van der Waals surface area contributed by atoms with Crippen LogP contribution in [0.5, 0.6) is 0 Å². The van der Waals surface area contributed by atoms with Crippen molar-refractivity contribution in [1.29, 1.82) is 0 Å². The lowest BCUT2D eigenvalue weighted by atomic mass is 9.92. The Morgan fingerprint density at radius 2 is 1.18 bits per heavy atom. The van der Waals surface area contributed by atoms with Crippen molar-refractivity contribution in [3.05, 3.63) is 110 Å². The summed E-state index contributed by atoms with van der Waals surface area (Å²) in [4.78, 5) is 8.51. The molecule has 33 heavy (non-hydrogen) atoms. The number of aromatic nitrogens is 2. The molecule has 3 nitrogen and oxygen atoms in total. The summed E-state index contributed by atoms with van der Waals surface area (Å²) in [5.74, 6) is 0. The van der Waals surface area contributed by atoms with E-state index in [-0.39, 0.29) is 0 Å². The molecule has 2 heterocycles. The summed E-state index contributed by atoms with van der Waals surface area (Å²) in [6, 6.07) is 34.0. The maximum Gasteiger partial charge on any atom is 0.144 e. The Morgan fingerprint density at radius 1 is 0.515 bits per heavy atom. The summed E-state index contributed by atoms with van der Waals surface area (Å²) in [7, 11) is 0. The van der Waals surface area contributed by atoms with E-state index in [0.717, 1.165) is 38.8 Å². The number of benzene rings is 5. The molecule has 7 rings (SSSR count). The lowest BCUT2D eigenvalue weighted by Gasteiger charge is -2.11. The van der Waals surface area contributed by atoms with Crippen molar-refractivity contribution in [2.75, 3.05) is 0 Å². The SMILES string of the molecule is c1ccc2c(c1)cc(-c1cccc3c1oc1c(-c4ccncn4)cccc13)c1ccccc12. The number of para-hydroxylation sites is 2. The molecule has 3 heteroatoms. The molecular weight excluding hydrogens is 404 g/mol. The van der Waals surface area contributed by atoms with Gasteiger partial charge in [-0.1, -0.05) is 78.9 Å².